The summed E-state index contributed by atoms with van der Waals surface area (Å²) >= 11 is 0. The standard InChI is InChI=1S/C17H27N3O3S/c1-11-8-12(2)17(13(3)9-11)24(22,23)20-7-6-16(21)19-10-15(18)14-4-5-14/h8-9,14-15,20H,4-7,10,18H2,1-3H3,(H,19,21). The molecular formula is C17H27N3O3S. The molecule has 134 valence electrons. The number of carbonyl (C=O) groups excluding carboxylic acids is 1. The summed E-state index contributed by atoms with van der Waals surface area (Å²) in [5.41, 5.74) is 8.36. The average molecular weight is 353 g/mol. The van der Waals surface area contributed by atoms with Crippen molar-refractivity contribution in [1.29, 1.82) is 0 Å². The van der Waals surface area contributed by atoms with E-state index in [2.05, 4.69) is 10.0 Å². The zero-order valence-corrected chi connectivity index (χ0v) is 15.4. The van der Waals surface area contributed by atoms with Gasteiger partial charge in [0, 0.05) is 25.6 Å². The quantitative estimate of drug-likeness (QED) is 0.652. The van der Waals surface area contributed by atoms with Crippen LogP contribution < -0.4 is 15.8 Å². The molecule has 4 N–H and O–H groups in total. The Hall–Kier alpha value is -1.44. The maximum absolute atomic E-state index is 12.5. The van der Waals surface area contributed by atoms with Crippen LogP contribution in [-0.2, 0) is 14.8 Å². The summed E-state index contributed by atoms with van der Waals surface area (Å²) in [6, 6.07) is 3.68. The molecule has 0 aromatic heterocycles. The number of carbonyl (C=O) groups is 1. The number of hydrogen-bond acceptors (Lipinski definition) is 4. The van der Waals surface area contributed by atoms with Crippen molar-refractivity contribution in [2.24, 2.45) is 11.7 Å². The highest BCUT2D eigenvalue weighted by atomic mass is 32.2. The van der Waals surface area contributed by atoms with Crippen molar-refractivity contribution in [3.8, 4) is 0 Å². The highest BCUT2D eigenvalue weighted by molar-refractivity contribution is 7.89. The van der Waals surface area contributed by atoms with E-state index in [-0.39, 0.29) is 24.9 Å². The van der Waals surface area contributed by atoms with Crippen LogP contribution in [0.1, 0.15) is 36.0 Å². The van der Waals surface area contributed by atoms with Crippen molar-refractivity contribution in [3.05, 3.63) is 28.8 Å². The molecule has 0 heterocycles. The minimum Gasteiger partial charge on any atom is -0.354 e. The van der Waals surface area contributed by atoms with E-state index >= 15 is 0 Å². The van der Waals surface area contributed by atoms with E-state index in [4.69, 9.17) is 5.73 Å². The molecule has 0 spiro atoms. The lowest BCUT2D eigenvalue weighted by Gasteiger charge is -2.14. The van der Waals surface area contributed by atoms with E-state index in [1.165, 1.54) is 0 Å². The van der Waals surface area contributed by atoms with Gasteiger partial charge in [-0.05, 0) is 50.7 Å². The minimum atomic E-state index is -3.62. The van der Waals surface area contributed by atoms with Crippen LogP contribution in [-0.4, -0.2) is 33.5 Å². The van der Waals surface area contributed by atoms with Gasteiger partial charge in [-0.1, -0.05) is 17.7 Å². The topological polar surface area (TPSA) is 101 Å². The van der Waals surface area contributed by atoms with Gasteiger partial charge in [-0.3, -0.25) is 4.79 Å². The highest BCUT2D eigenvalue weighted by Crippen LogP contribution is 2.31. The van der Waals surface area contributed by atoms with Crippen molar-refractivity contribution < 1.29 is 13.2 Å². The first-order valence-corrected chi connectivity index (χ1v) is 9.79. The first-order valence-electron chi connectivity index (χ1n) is 8.30. The molecule has 1 aromatic carbocycles. The second kappa shape index (κ2) is 7.63. The summed E-state index contributed by atoms with van der Waals surface area (Å²) in [5, 5.41) is 2.76. The van der Waals surface area contributed by atoms with Crippen LogP contribution in [0.5, 0.6) is 0 Å². The Morgan fingerprint density at radius 1 is 1.25 bits per heavy atom. The van der Waals surface area contributed by atoms with Crippen LogP contribution >= 0.6 is 0 Å². The van der Waals surface area contributed by atoms with E-state index < -0.39 is 10.0 Å². The number of rotatable bonds is 8. The van der Waals surface area contributed by atoms with E-state index in [0.717, 1.165) is 18.4 Å². The van der Waals surface area contributed by atoms with Gasteiger partial charge in [0.05, 0.1) is 4.90 Å². The van der Waals surface area contributed by atoms with Gasteiger partial charge in [0.15, 0.2) is 0 Å². The Bertz CT molecular complexity index is 689. The molecule has 7 heteroatoms. The second-order valence-corrected chi connectivity index (χ2v) is 8.38. The fourth-order valence-electron chi connectivity index (χ4n) is 2.97. The molecule has 1 aliphatic rings. The van der Waals surface area contributed by atoms with Gasteiger partial charge < -0.3 is 11.1 Å². The monoisotopic (exact) mass is 353 g/mol. The van der Waals surface area contributed by atoms with Crippen LogP contribution in [0.3, 0.4) is 0 Å². The fraction of sp³-hybridized carbons (Fsp3) is 0.588. The molecule has 1 unspecified atom stereocenters. The Morgan fingerprint density at radius 3 is 2.38 bits per heavy atom. The molecule has 0 aliphatic heterocycles. The molecule has 1 atom stereocenters. The molecule has 0 bridgehead atoms. The van der Waals surface area contributed by atoms with Crippen LogP contribution in [0, 0.1) is 26.7 Å². The van der Waals surface area contributed by atoms with E-state index in [0.29, 0.717) is 28.5 Å². The third-order valence-corrected chi connectivity index (χ3v) is 6.05. The number of nitrogens with one attached hydrogen (secondary N) is 2. The number of sulfonamides is 1. The summed E-state index contributed by atoms with van der Waals surface area (Å²) in [6.07, 6.45) is 2.36. The van der Waals surface area contributed by atoms with Crippen molar-refractivity contribution in [2.75, 3.05) is 13.1 Å². The van der Waals surface area contributed by atoms with E-state index in [1.807, 2.05) is 19.1 Å². The Morgan fingerprint density at radius 2 is 1.83 bits per heavy atom. The number of amides is 1. The molecule has 6 nitrogen and oxygen atoms in total. The Kier molecular flexibility index (Phi) is 6.01. The van der Waals surface area contributed by atoms with E-state index in [9.17, 15) is 13.2 Å². The fourth-order valence-corrected chi connectivity index (χ4v) is 4.45. The SMILES string of the molecule is Cc1cc(C)c(S(=O)(=O)NCCC(=O)NCC(N)C2CC2)c(C)c1. The molecule has 1 aromatic rings. The Labute approximate surface area is 144 Å². The summed E-state index contributed by atoms with van der Waals surface area (Å²) in [5.74, 6) is 0.336. The molecule has 1 fully saturated rings. The molecule has 0 saturated heterocycles. The highest BCUT2D eigenvalue weighted by Gasteiger charge is 2.28. The average Bonchev–Trinajstić information content (AvgIpc) is 3.27. The summed E-state index contributed by atoms with van der Waals surface area (Å²) < 4.78 is 27.4. The van der Waals surface area contributed by atoms with Gasteiger partial charge in [-0.15, -0.1) is 0 Å². The molecular weight excluding hydrogens is 326 g/mol. The lowest BCUT2D eigenvalue weighted by Crippen LogP contribution is -2.39. The zero-order chi connectivity index (χ0) is 17.9. The maximum atomic E-state index is 12.5. The van der Waals surface area contributed by atoms with Crippen LogP contribution in [0.2, 0.25) is 0 Å². The van der Waals surface area contributed by atoms with Crippen molar-refractivity contribution >= 4 is 15.9 Å². The maximum Gasteiger partial charge on any atom is 0.241 e. The Balaban J connectivity index is 1.85. The van der Waals surface area contributed by atoms with Crippen LogP contribution in [0.25, 0.3) is 0 Å². The predicted octanol–water partition coefficient (Wildman–Crippen LogP) is 1.13. The van der Waals surface area contributed by atoms with Gasteiger partial charge in [0.1, 0.15) is 0 Å². The zero-order valence-electron chi connectivity index (χ0n) is 14.6. The third-order valence-electron chi connectivity index (χ3n) is 4.28. The van der Waals surface area contributed by atoms with Gasteiger partial charge in [-0.2, -0.15) is 0 Å². The van der Waals surface area contributed by atoms with Gasteiger partial charge in [-0.25, -0.2) is 13.1 Å². The minimum absolute atomic E-state index is 0.00324. The summed E-state index contributed by atoms with van der Waals surface area (Å²) in [6.45, 7) is 6.01. The number of benzene rings is 1. The second-order valence-electron chi connectivity index (χ2n) is 6.68. The molecule has 24 heavy (non-hydrogen) atoms. The van der Waals surface area contributed by atoms with Crippen molar-refractivity contribution in [2.45, 2.75) is 51.0 Å². The number of nitrogens with two attached hydrogens (primary N) is 1. The van der Waals surface area contributed by atoms with Crippen molar-refractivity contribution in [1.82, 2.24) is 10.0 Å². The molecule has 1 saturated carbocycles. The van der Waals surface area contributed by atoms with Gasteiger partial charge >= 0.3 is 0 Å². The van der Waals surface area contributed by atoms with Crippen molar-refractivity contribution in [3.63, 3.8) is 0 Å². The first kappa shape index (κ1) is 18.9. The third kappa shape index (κ3) is 5.03. The molecule has 2 rings (SSSR count). The number of aryl methyl sites for hydroxylation is 3. The first-order chi connectivity index (χ1) is 11.2. The van der Waals surface area contributed by atoms with Gasteiger partial charge in [0.25, 0.3) is 0 Å². The lowest BCUT2D eigenvalue weighted by atomic mass is 10.1. The summed E-state index contributed by atoms with van der Waals surface area (Å²) in [4.78, 5) is 12.1. The molecule has 0 radical (unpaired) electrons. The summed E-state index contributed by atoms with van der Waals surface area (Å²) in [7, 11) is -3.62. The molecule has 1 aliphatic carbocycles. The largest absolute Gasteiger partial charge is 0.354 e. The predicted molar refractivity (Wildman–Crippen MR) is 94.2 cm³/mol. The van der Waals surface area contributed by atoms with Gasteiger partial charge in [0.2, 0.25) is 15.9 Å². The normalized spacial score (nSPS) is 16.0. The number of hydrogen-bond donors (Lipinski definition) is 3. The van der Waals surface area contributed by atoms with Crippen LogP contribution in [0.15, 0.2) is 17.0 Å². The lowest BCUT2D eigenvalue weighted by molar-refractivity contribution is -0.121. The van der Waals surface area contributed by atoms with Crippen LogP contribution in [0.4, 0.5) is 0 Å². The molecule has 1 amide bonds. The smallest absolute Gasteiger partial charge is 0.241 e. The van der Waals surface area contributed by atoms with E-state index in [1.54, 1.807) is 13.8 Å².